The number of hydrogen-bond acceptors (Lipinski definition) is 0. The Bertz CT molecular complexity index is 644. The van der Waals surface area contributed by atoms with E-state index in [1.165, 1.54) is 25.7 Å². The molecular weight excluding hydrogens is 295 g/mol. The molecule has 1 fully saturated rings. The molecule has 0 N–H and O–H groups in total. The third-order valence-corrected chi connectivity index (χ3v) is 11.2. The summed E-state index contributed by atoms with van der Waals surface area (Å²) in [6.07, 6.45) is 20.4. The predicted molar refractivity (Wildman–Crippen MR) is 107 cm³/mol. The van der Waals surface area contributed by atoms with Crippen molar-refractivity contribution in [2.45, 2.75) is 51.6 Å². The van der Waals surface area contributed by atoms with E-state index in [0.717, 1.165) is 12.1 Å². The summed E-state index contributed by atoms with van der Waals surface area (Å²) >= 11 is 0. The Morgan fingerprint density at radius 2 is 2.00 bits per heavy atom. The van der Waals surface area contributed by atoms with E-state index in [4.69, 9.17) is 0 Å². The second-order valence-electron chi connectivity index (χ2n) is 6.79. The van der Waals surface area contributed by atoms with Crippen molar-refractivity contribution in [1.82, 2.24) is 0 Å². The summed E-state index contributed by atoms with van der Waals surface area (Å²) in [5.74, 6) is 0. The third-order valence-electron chi connectivity index (χ3n) is 5.28. The number of rotatable bonds is 6. The van der Waals surface area contributed by atoms with Gasteiger partial charge in [0.2, 0.25) is 0 Å². The fourth-order valence-corrected chi connectivity index (χ4v) is 10.1. The summed E-state index contributed by atoms with van der Waals surface area (Å²) in [6, 6.07) is 11.4. The van der Waals surface area contributed by atoms with Crippen LogP contribution in [0.1, 0.15) is 46.0 Å². The van der Waals surface area contributed by atoms with Crippen LogP contribution in [0.5, 0.6) is 0 Å². The van der Waals surface area contributed by atoms with Gasteiger partial charge in [-0.25, -0.2) is 0 Å². The molecule has 0 saturated heterocycles. The standard InChI is InChI=1S/C22H29P/c1-3-4-7-12-19(2)23(22-17-18-22,20-13-8-5-9-14-20)21-15-10-6-11-16-21/h4-10,12-15,22-23H,3,11,16-18H2,1-2H3/b7-4-,19-12+. The first-order chi connectivity index (χ1) is 11.3. The molecular formula is C22H29P. The molecule has 0 aromatic heterocycles. The van der Waals surface area contributed by atoms with Crippen molar-refractivity contribution in [3.8, 4) is 0 Å². The van der Waals surface area contributed by atoms with Crippen molar-refractivity contribution in [2.75, 3.05) is 0 Å². The zero-order chi connectivity index (χ0) is 16.1. The van der Waals surface area contributed by atoms with Gasteiger partial charge in [-0.1, -0.05) is 0 Å². The minimum absolute atomic E-state index is 0.897. The van der Waals surface area contributed by atoms with Crippen LogP contribution in [-0.2, 0) is 0 Å². The zero-order valence-corrected chi connectivity index (χ0v) is 15.5. The Labute approximate surface area is 142 Å². The Hall–Kier alpha value is -1.39. The van der Waals surface area contributed by atoms with Gasteiger partial charge in [-0.2, -0.15) is 0 Å². The van der Waals surface area contributed by atoms with Gasteiger partial charge in [0.25, 0.3) is 0 Å². The van der Waals surface area contributed by atoms with Crippen LogP contribution in [0.2, 0.25) is 0 Å². The monoisotopic (exact) mass is 324 g/mol. The molecule has 3 rings (SSSR count). The first-order valence-electron chi connectivity index (χ1n) is 9.05. The molecule has 0 heterocycles. The molecule has 122 valence electrons. The van der Waals surface area contributed by atoms with E-state index in [0.29, 0.717) is 0 Å². The van der Waals surface area contributed by atoms with Gasteiger partial charge in [0.15, 0.2) is 0 Å². The van der Waals surface area contributed by atoms with Crippen LogP contribution in [0.4, 0.5) is 0 Å². The first-order valence-corrected chi connectivity index (χ1v) is 11.1. The molecule has 0 atom stereocenters. The van der Waals surface area contributed by atoms with Gasteiger partial charge in [-0.05, 0) is 0 Å². The van der Waals surface area contributed by atoms with Crippen LogP contribution in [0.25, 0.3) is 0 Å². The minimum atomic E-state index is -1.77. The molecule has 0 nitrogen and oxygen atoms in total. The van der Waals surface area contributed by atoms with Gasteiger partial charge >= 0.3 is 142 Å². The first kappa shape index (κ1) is 16.5. The van der Waals surface area contributed by atoms with Crippen molar-refractivity contribution >= 4 is 12.6 Å². The SMILES string of the molecule is CC/C=C\C=C(/C)[PH](C1=CC=CCC1)(c1ccccc1)C1CC1. The predicted octanol–water partition coefficient (Wildman–Crippen LogP) is 6.33. The maximum absolute atomic E-state index is 2.45. The molecule has 0 bridgehead atoms. The summed E-state index contributed by atoms with van der Waals surface area (Å²) in [7, 11) is -1.77. The van der Waals surface area contributed by atoms with Gasteiger partial charge in [0.05, 0.1) is 0 Å². The summed E-state index contributed by atoms with van der Waals surface area (Å²) in [5, 5.41) is 4.99. The van der Waals surface area contributed by atoms with E-state index >= 15 is 0 Å². The van der Waals surface area contributed by atoms with Gasteiger partial charge in [0.1, 0.15) is 0 Å². The van der Waals surface area contributed by atoms with Crippen LogP contribution in [0.3, 0.4) is 0 Å². The van der Waals surface area contributed by atoms with Crippen LogP contribution in [0, 0.1) is 0 Å². The van der Waals surface area contributed by atoms with Crippen molar-refractivity contribution < 1.29 is 0 Å². The van der Waals surface area contributed by atoms with Gasteiger partial charge in [-0.3, -0.25) is 0 Å². The molecule has 0 unspecified atom stereocenters. The van der Waals surface area contributed by atoms with E-state index in [1.54, 1.807) is 15.9 Å². The maximum atomic E-state index is 2.45. The van der Waals surface area contributed by atoms with E-state index < -0.39 is 7.26 Å². The van der Waals surface area contributed by atoms with E-state index in [-0.39, 0.29) is 0 Å². The van der Waals surface area contributed by atoms with Gasteiger partial charge in [0, 0.05) is 0 Å². The number of allylic oxidation sites excluding steroid dienone is 8. The van der Waals surface area contributed by atoms with Gasteiger partial charge in [-0.15, -0.1) is 0 Å². The second kappa shape index (κ2) is 7.45. The molecule has 2 aliphatic carbocycles. The average molecular weight is 324 g/mol. The molecule has 1 heteroatoms. The molecule has 1 aromatic rings. The third kappa shape index (κ3) is 3.29. The molecule has 1 saturated carbocycles. The topological polar surface area (TPSA) is 0 Å². The Kier molecular flexibility index (Phi) is 5.34. The zero-order valence-electron chi connectivity index (χ0n) is 14.5. The summed E-state index contributed by atoms with van der Waals surface area (Å²) in [6.45, 7) is 4.60. The van der Waals surface area contributed by atoms with Crippen molar-refractivity contribution in [3.05, 3.63) is 77.4 Å². The molecule has 2 aliphatic rings. The normalized spacial score (nSPS) is 19.9. The average Bonchev–Trinajstić information content (AvgIpc) is 3.43. The Morgan fingerprint density at radius 1 is 1.22 bits per heavy atom. The second-order valence-corrected chi connectivity index (χ2v) is 11.2. The summed E-state index contributed by atoms with van der Waals surface area (Å²) in [5.41, 5.74) is 0.897. The number of benzene rings is 1. The van der Waals surface area contributed by atoms with Crippen LogP contribution in [-0.4, -0.2) is 5.66 Å². The fraction of sp³-hybridized carbons (Fsp3) is 0.364. The Morgan fingerprint density at radius 3 is 2.61 bits per heavy atom. The molecule has 23 heavy (non-hydrogen) atoms. The Balaban J connectivity index is 2.15. The fourth-order valence-electron chi connectivity index (χ4n) is 4.11. The molecule has 0 aliphatic heterocycles. The van der Waals surface area contributed by atoms with Crippen molar-refractivity contribution in [1.29, 1.82) is 0 Å². The van der Waals surface area contributed by atoms with Gasteiger partial charge < -0.3 is 0 Å². The van der Waals surface area contributed by atoms with E-state index in [2.05, 4.69) is 80.6 Å². The van der Waals surface area contributed by atoms with E-state index in [1.807, 2.05) is 0 Å². The van der Waals surface area contributed by atoms with Crippen molar-refractivity contribution in [3.63, 3.8) is 0 Å². The van der Waals surface area contributed by atoms with Crippen LogP contribution < -0.4 is 5.30 Å². The molecule has 1 aromatic carbocycles. The van der Waals surface area contributed by atoms with Crippen molar-refractivity contribution in [2.24, 2.45) is 0 Å². The van der Waals surface area contributed by atoms with E-state index in [9.17, 15) is 0 Å². The summed E-state index contributed by atoms with van der Waals surface area (Å²) in [4.78, 5) is 0. The number of hydrogen-bond donors (Lipinski definition) is 0. The molecule has 0 spiro atoms. The quantitative estimate of drug-likeness (QED) is 0.424. The van der Waals surface area contributed by atoms with Crippen LogP contribution in [0.15, 0.2) is 77.4 Å². The van der Waals surface area contributed by atoms with Crippen LogP contribution >= 0.6 is 7.26 Å². The molecule has 0 radical (unpaired) electrons. The summed E-state index contributed by atoms with van der Waals surface area (Å²) < 4.78 is 0. The molecule has 0 amide bonds.